The lowest BCUT2D eigenvalue weighted by Gasteiger charge is -2.15. The van der Waals surface area contributed by atoms with Crippen molar-refractivity contribution in [2.24, 2.45) is 7.05 Å². The second-order valence-electron chi connectivity index (χ2n) is 6.12. The Balaban J connectivity index is 1.71. The average molecular weight is 387 g/mol. The summed E-state index contributed by atoms with van der Waals surface area (Å²) in [7, 11) is 1.73. The van der Waals surface area contributed by atoms with Crippen LogP contribution in [-0.2, 0) is 7.05 Å². The third-order valence-corrected chi connectivity index (χ3v) is 5.56. The molecule has 3 aromatic heterocycles. The van der Waals surface area contributed by atoms with Crippen molar-refractivity contribution in [3.05, 3.63) is 67.1 Å². The normalized spacial score (nSPS) is 12.6. The van der Waals surface area contributed by atoms with Crippen LogP contribution in [0.1, 0.15) is 18.5 Å². The molecule has 132 valence electrons. The molecule has 0 amide bonds. The Morgan fingerprint density at radius 1 is 1.27 bits per heavy atom. The molecule has 0 unspecified atom stereocenters. The van der Waals surface area contributed by atoms with Crippen LogP contribution in [0.2, 0.25) is 5.02 Å². The Bertz CT molecular complexity index is 1260. The van der Waals surface area contributed by atoms with E-state index in [1.54, 1.807) is 29.9 Å². The molecule has 0 fully saturated rings. The van der Waals surface area contributed by atoms with Crippen LogP contribution in [0.3, 0.4) is 0 Å². The summed E-state index contributed by atoms with van der Waals surface area (Å²) in [6, 6.07) is 8.71. The van der Waals surface area contributed by atoms with E-state index in [9.17, 15) is 9.59 Å². The number of fused-ring (bicyclic) bond motifs is 2. The van der Waals surface area contributed by atoms with Gasteiger partial charge in [0.25, 0.3) is 5.56 Å². The fourth-order valence-electron chi connectivity index (χ4n) is 2.93. The van der Waals surface area contributed by atoms with E-state index in [-0.39, 0.29) is 16.5 Å². The van der Waals surface area contributed by atoms with Crippen molar-refractivity contribution >= 4 is 49.9 Å². The van der Waals surface area contributed by atoms with E-state index in [0.29, 0.717) is 16.4 Å². The van der Waals surface area contributed by atoms with Gasteiger partial charge in [-0.15, -0.1) is 0 Å². The van der Waals surface area contributed by atoms with Crippen LogP contribution in [0.15, 0.2) is 46.1 Å². The second-order valence-corrected chi connectivity index (χ2v) is 7.55. The van der Waals surface area contributed by atoms with Gasteiger partial charge in [-0.2, -0.15) is 0 Å². The highest BCUT2D eigenvalue weighted by Gasteiger charge is 2.13. The summed E-state index contributed by atoms with van der Waals surface area (Å²) in [5.74, 6) is 0.601. The molecule has 0 aliphatic carbocycles. The van der Waals surface area contributed by atoms with Crippen molar-refractivity contribution in [3.8, 4) is 0 Å². The second kappa shape index (κ2) is 6.26. The number of H-pyrrole nitrogens is 1. The third kappa shape index (κ3) is 2.89. The Hall–Kier alpha value is -2.64. The standard InChI is InChI=1S/C18H15ClN4O2S/c1-9(12-6-10-5-11(19)3-4-13(10)22-17(12)24)21-16-7-14-15(8-20-16)26-18(25)23(14)2/h3-9H,1-2H3,(H,20,21)(H,22,24)/t9-/m0/s1. The van der Waals surface area contributed by atoms with Gasteiger partial charge in [0.15, 0.2) is 0 Å². The molecule has 2 N–H and O–H groups in total. The van der Waals surface area contributed by atoms with Gasteiger partial charge in [-0.3, -0.25) is 9.59 Å². The zero-order valence-corrected chi connectivity index (χ0v) is 15.6. The monoisotopic (exact) mass is 386 g/mol. The molecule has 0 saturated heterocycles. The van der Waals surface area contributed by atoms with Crippen LogP contribution in [0.4, 0.5) is 5.82 Å². The molecule has 1 atom stereocenters. The molecule has 0 spiro atoms. The van der Waals surface area contributed by atoms with Gasteiger partial charge < -0.3 is 14.9 Å². The number of aromatic nitrogens is 3. The number of halogens is 1. The summed E-state index contributed by atoms with van der Waals surface area (Å²) in [5.41, 5.74) is 1.97. The number of anilines is 1. The molecule has 26 heavy (non-hydrogen) atoms. The van der Waals surface area contributed by atoms with Crippen LogP contribution in [-0.4, -0.2) is 14.5 Å². The summed E-state index contributed by atoms with van der Waals surface area (Å²) in [4.78, 5) is 31.4. The van der Waals surface area contributed by atoms with Gasteiger partial charge in [-0.05, 0) is 31.2 Å². The molecule has 1 aromatic carbocycles. The first-order valence-corrected chi connectivity index (χ1v) is 9.16. The van der Waals surface area contributed by atoms with Gasteiger partial charge in [-0.25, -0.2) is 4.98 Å². The average Bonchev–Trinajstić information content (AvgIpc) is 2.89. The molecular weight excluding hydrogens is 372 g/mol. The number of nitrogens with zero attached hydrogens (tertiary/aromatic N) is 2. The number of pyridine rings is 2. The maximum Gasteiger partial charge on any atom is 0.307 e. The van der Waals surface area contributed by atoms with E-state index in [1.165, 1.54) is 0 Å². The van der Waals surface area contributed by atoms with E-state index in [4.69, 9.17) is 11.6 Å². The number of aromatic amines is 1. The molecule has 4 rings (SSSR count). The van der Waals surface area contributed by atoms with E-state index in [2.05, 4.69) is 15.3 Å². The Kier molecular flexibility index (Phi) is 4.05. The predicted octanol–water partition coefficient (Wildman–Crippen LogP) is 3.66. The highest BCUT2D eigenvalue weighted by molar-refractivity contribution is 7.16. The maximum absolute atomic E-state index is 12.4. The van der Waals surface area contributed by atoms with E-state index >= 15 is 0 Å². The van der Waals surface area contributed by atoms with Gasteiger partial charge in [0, 0.05) is 40.8 Å². The minimum absolute atomic E-state index is 0.0325. The zero-order valence-electron chi connectivity index (χ0n) is 14.0. The molecule has 0 aliphatic rings. The largest absolute Gasteiger partial charge is 0.363 e. The Labute approximate surface area is 157 Å². The first-order valence-electron chi connectivity index (χ1n) is 7.97. The number of benzene rings is 1. The van der Waals surface area contributed by atoms with Gasteiger partial charge in [0.1, 0.15) is 5.82 Å². The van der Waals surface area contributed by atoms with Crippen LogP contribution < -0.4 is 15.7 Å². The summed E-state index contributed by atoms with van der Waals surface area (Å²) in [6.45, 7) is 1.89. The van der Waals surface area contributed by atoms with Crippen molar-refractivity contribution in [2.45, 2.75) is 13.0 Å². The lowest BCUT2D eigenvalue weighted by Crippen LogP contribution is -2.19. The summed E-state index contributed by atoms with van der Waals surface area (Å²) >= 11 is 7.21. The zero-order chi connectivity index (χ0) is 18.4. The fraction of sp³-hybridized carbons (Fsp3) is 0.167. The molecule has 4 aromatic rings. The number of nitrogens with one attached hydrogen (secondary N) is 2. The van der Waals surface area contributed by atoms with E-state index in [1.807, 2.05) is 25.1 Å². The SMILES string of the molecule is C[C@H](Nc1cc2c(cn1)sc(=O)n2C)c1cc2cc(Cl)ccc2[nH]c1=O. The molecular formula is C18H15ClN4O2S. The van der Waals surface area contributed by atoms with Crippen molar-refractivity contribution in [1.29, 1.82) is 0 Å². The number of hydrogen-bond donors (Lipinski definition) is 2. The van der Waals surface area contributed by atoms with Crippen LogP contribution in [0.25, 0.3) is 21.1 Å². The summed E-state index contributed by atoms with van der Waals surface area (Å²) in [6.07, 6.45) is 1.67. The molecule has 3 heterocycles. The lowest BCUT2D eigenvalue weighted by molar-refractivity contribution is 0.857. The first kappa shape index (κ1) is 16.8. The summed E-state index contributed by atoms with van der Waals surface area (Å²) in [5, 5.41) is 4.71. The van der Waals surface area contributed by atoms with E-state index < -0.39 is 0 Å². The van der Waals surface area contributed by atoms with Crippen molar-refractivity contribution < 1.29 is 0 Å². The van der Waals surface area contributed by atoms with Crippen molar-refractivity contribution in [1.82, 2.24) is 14.5 Å². The third-order valence-electron chi connectivity index (χ3n) is 4.35. The van der Waals surface area contributed by atoms with Crippen molar-refractivity contribution in [3.63, 3.8) is 0 Å². The number of hydrogen-bond acceptors (Lipinski definition) is 5. The molecule has 8 heteroatoms. The Morgan fingerprint density at radius 2 is 2.08 bits per heavy atom. The minimum atomic E-state index is -0.275. The molecule has 0 bridgehead atoms. The van der Waals surface area contributed by atoms with Gasteiger partial charge >= 0.3 is 4.87 Å². The van der Waals surface area contributed by atoms with Gasteiger partial charge in [-0.1, -0.05) is 22.9 Å². The van der Waals surface area contributed by atoms with Crippen LogP contribution in [0.5, 0.6) is 0 Å². The van der Waals surface area contributed by atoms with Crippen LogP contribution >= 0.6 is 22.9 Å². The highest BCUT2D eigenvalue weighted by atomic mass is 35.5. The molecule has 6 nitrogen and oxygen atoms in total. The van der Waals surface area contributed by atoms with Crippen molar-refractivity contribution in [2.75, 3.05) is 5.32 Å². The van der Waals surface area contributed by atoms with Crippen LogP contribution in [0, 0.1) is 0 Å². The van der Waals surface area contributed by atoms with Gasteiger partial charge in [0.2, 0.25) is 0 Å². The topological polar surface area (TPSA) is 79.8 Å². The number of rotatable bonds is 3. The smallest absolute Gasteiger partial charge is 0.307 e. The lowest BCUT2D eigenvalue weighted by atomic mass is 10.1. The maximum atomic E-state index is 12.4. The minimum Gasteiger partial charge on any atom is -0.363 e. The quantitative estimate of drug-likeness (QED) is 0.563. The number of thiazole rings is 1. The Morgan fingerprint density at radius 3 is 2.88 bits per heavy atom. The first-order chi connectivity index (χ1) is 12.4. The fourth-order valence-corrected chi connectivity index (χ4v) is 3.94. The molecule has 0 radical (unpaired) electrons. The molecule has 0 aliphatic heterocycles. The van der Waals surface area contributed by atoms with Gasteiger partial charge in [0.05, 0.1) is 16.3 Å². The number of aryl methyl sites for hydroxylation is 1. The highest BCUT2D eigenvalue weighted by Crippen LogP contribution is 2.23. The predicted molar refractivity (Wildman–Crippen MR) is 106 cm³/mol. The molecule has 0 saturated carbocycles. The summed E-state index contributed by atoms with van der Waals surface area (Å²) < 4.78 is 2.41. The van der Waals surface area contributed by atoms with E-state index in [0.717, 1.165) is 32.5 Å².